The number of Topliss-reactive ketones (excluding diaryl/α,β-unsaturated/α-hetero) is 1. The quantitative estimate of drug-likeness (QED) is 0.323. The van der Waals surface area contributed by atoms with Crippen LogP contribution in [0.2, 0.25) is 0 Å². The summed E-state index contributed by atoms with van der Waals surface area (Å²) in [6.07, 6.45) is 0. The summed E-state index contributed by atoms with van der Waals surface area (Å²) < 4.78 is 5.84. The SMILES string of the molecule is CCN(CC)CCN1C(=O)C(=O)/C(=C(\O)c2ccc(OC)c(Br)c2)C1c1cccc(O)c1. The lowest BCUT2D eigenvalue weighted by Crippen LogP contribution is -2.38. The number of methoxy groups -OCH3 is 1. The van der Waals surface area contributed by atoms with Crippen LogP contribution in [0.15, 0.2) is 52.5 Å². The fraction of sp³-hybridized carbons (Fsp3) is 0.333. The molecule has 0 saturated carbocycles. The highest BCUT2D eigenvalue weighted by Gasteiger charge is 2.46. The number of aliphatic hydroxyl groups excluding tert-OH is 1. The van der Waals surface area contributed by atoms with Gasteiger partial charge in [-0.2, -0.15) is 0 Å². The Hall–Kier alpha value is -2.84. The first-order chi connectivity index (χ1) is 15.3. The van der Waals surface area contributed by atoms with Crippen molar-refractivity contribution < 1.29 is 24.5 Å². The van der Waals surface area contributed by atoms with Gasteiger partial charge in [-0.25, -0.2) is 0 Å². The summed E-state index contributed by atoms with van der Waals surface area (Å²) in [5.41, 5.74) is 0.930. The van der Waals surface area contributed by atoms with Gasteiger partial charge in [0.2, 0.25) is 0 Å². The molecule has 2 aromatic carbocycles. The van der Waals surface area contributed by atoms with Gasteiger partial charge in [0.1, 0.15) is 17.3 Å². The summed E-state index contributed by atoms with van der Waals surface area (Å²) in [4.78, 5) is 29.7. The number of phenols is 1. The highest BCUT2D eigenvalue weighted by molar-refractivity contribution is 9.10. The number of rotatable bonds is 8. The molecule has 170 valence electrons. The Morgan fingerprint density at radius 2 is 1.88 bits per heavy atom. The number of ketones is 1. The molecular formula is C24H27BrN2O5. The largest absolute Gasteiger partial charge is 0.508 e. The zero-order valence-corrected chi connectivity index (χ0v) is 19.9. The highest BCUT2D eigenvalue weighted by atomic mass is 79.9. The second-order valence-electron chi connectivity index (χ2n) is 7.46. The number of hydrogen-bond donors (Lipinski definition) is 2. The standard InChI is InChI=1S/C24H27BrN2O5/c1-4-26(5-2)11-12-27-21(15-7-6-8-17(28)13-15)20(23(30)24(27)31)22(29)16-9-10-19(32-3)18(25)14-16/h6-10,13-14,21,28-29H,4-5,11-12H2,1-3H3/b22-20-. The van der Waals surface area contributed by atoms with Crippen molar-refractivity contribution >= 4 is 33.4 Å². The maximum absolute atomic E-state index is 13.1. The number of phenolic OH excluding ortho intramolecular Hbond substituents is 1. The van der Waals surface area contributed by atoms with Crippen molar-refractivity contribution in [2.45, 2.75) is 19.9 Å². The number of carbonyl (C=O) groups excluding carboxylic acids is 2. The zero-order valence-electron chi connectivity index (χ0n) is 18.3. The van der Waals surface area contributed by atoms with Gasteiger partial charge in [-0.05, 0) is 64.9 Å². The predicted molar refractivity (Wildman–Crippen MR) is 126 cm³/mol. The van der Waals surface area contributed by atoms with Crippen molar-refractivity contribution in [3.05, 3.63) is 63.6 Å². The number of halogens is 1. The number of aliphatic hydroxyl groups is 1. The Morgan fingerprint density at radius 3 is 2.47 bits per heavy atom. The molecule has 1 amide bonds. The maximum atomic E-state index is 13.1. The number of amides is 1. The van der Waals surface area contributed by atoms with Crippen molar-refractivity contribution in [2.24, 2.45) is 0 Å². The zero-order chi connectivity index (χ0) is 23.4. The van der Waals surface area contributed by atoms with Gasteiger partial charge in [-0.15, -0.1) is 0 Å². The molecular weight excluding hydrogens is 476 g/mol. The number of carbonyl (C=O) groups is 2. The first-order valence-electron chi connectivity index (χ1n) is 10.5. The molecule has 7 nitrogen and oxygen atoms in total. The van der Waals surface area contributed by atoms with Gasteiger partial charge < -0.3 is 24.7 Å². The van der Waals surface area contributed by atoms with E-state index in [0.717, 1.165) is 13.1 Å². The molecule has 2 N–H and O–H groups in total. The lowest BCUT2D eigenvalue weighted by molar-refractivity contribution is -0.140. The summed E-state index contributed by atoms with van der Waals surface area (Å²) in [6.45, 7) is 6.60. The van der Waals surface area contributed by atoms with Crippen LogP contribution < -0.4 is 4.74 Å². The van der Waals surface area contributed by atoms with Crippen LogP contribution >= 0.6 is 15.9 Å². The third-order valence-electron chi connectivity index (χ3n) is 5.70. The molecule has 1 unspecified atom stereocenters. The van der Waals surface area contributed by atoms with Gasteiger partial charge in [0.05, 0.1) is 23.2 Å². The number of aromatic hydroxyl groups is 1. The van der Waals surface area contributed by atoms with E-state index in [1.54, 1.807) is 30.3 Å². The van der Waals surface area contributed by atoms with E-state index in [1.807, 2.05) is 13.8 Å². The van der Waals surface area contributed by atoms with Crippen LogP contribution in [0, 0.1) is 0 Å². The van der Waals surface area contributed by atoms with E-state index in [9.17, 15) is 19.8 Å². The molecule has 0 bridgehead atoms. The first kappa shape index (κ1) is 23.8. The molecule has 0 radical (unpaired) electrons. The highest BCUT2D eigenvalue weighted by Crippen LogP contribution is 2.40. The van der Waals surface area contributed by atoms with Crippen molar-refractivity contribution in [3.8, 4) is 11.5 Å². The summed E-state index contributed by atoms with van der Waals surface area (Å²) >= 11 is 3.39. The smallest absolute Gasteiger partial charge is 0.295 e. The Kier molecular flexibility index (Phi) is 7.58. The Bertz CT molecular complexity index is 1050. The summed E-state index contributed by atoms with van der Waals surface area (Å²) in [7, 11) is 1.53. The molecule has 1 atom stereocenters. The molecule has 0 aliphatic carbocycles. The Morgan fingerprint density at radius 1 is 1.16 bits per heavy atom. The van der Waals surface area contributed by atoms with Gasteiger partial charge in [0, 0.05) is 18.7 Å². The summed E-state index contributed by atoms with van der Waals surface area (Å²) in [6, 6.07) is 10.5. The predicted octanol–water partition coefficient (Wildman–Crippen LogP) is 3.93. The van der Waals surface area contributed by atoms with Crippen LogP contribution in [0.5, 0.6) is 11.5 Å². The minimum Gasteiger partial charge on any atom is -0.508 e. The average Bonchev–Trinajstić information content (AvgIpc) is 3.04. The van der Waals surface area contributed by atoms with Crippen LogP contribution in [0.25, 0.3) is 5.76 Å². The van der Waals surface area contributed by atoms with Gasteiger partial charge in [0.25, 0.3) is 11.7 Å². The van der Waals surface area contributed by atoms with Crippen LogP contribution in [-0.4, -0.2) is 65.0 Å². The van der Waals surface area contributed by atoms with E-state index in [-0.39, 0.29) is 17.1 Å². The van der Waals surface area contributed by atoms with Gasteiger partial charge in [-0.1, -0.05) is 26.0 Å². The summed E-state index contributed by atoms with van der Waals surface area (Å²) in [5, 5.41) is 21.2. The Labute approximate surface area is 196 Å². The van der Waals surface area contributed by atoms with E-state index in [2.05, 4.69) is 20.8 Å². The molecule has 1 saturated heterocycles. The fourth-order valence-corrected chi connectivity index (χ4v) is 4.45. The molecule has 3 rings (SSSR count). The van der Waals surface area contributed by atoms with E-state index in [4.69, 9.17) is 4.74 Å². The minimum absolute atomic E-state index is 0.00258. The van der Waals surface area contributed by atoms with E-state index in [0.29, 0.717) is 34.4 Å². The number of likely N-dealkylation sites (N-methyl/N-ethyl adjacent to an activating group) is 1. The van der Waals surface area contributed by atoms with Crippen molar-refractivity contribution in [1.82, 2.24) is 9.80 Å². The second kappa shape index (κ2) is 10.2. The van der Waals surface area contributed by atoms with Gasteiger partial charge in [0.15, 0.2) is 0 Å². The number of hydrogen-bond acceptors (Lipinski definition) is 6. The monoisotopic (exact) mass is 502 g/mol. The van der Waals surface area contributed by atoms with E-state index in [1.165, 1.54) is 24.1 Å². The van der Waals surface area contributed by atoms with Crippen LogP contribution in [0.4, 0.5) is 0 Å². The minimum atomic E-state index is -0.807. The molecule has 0 spiro atoms. The number of likely N-dealkylation sites (tertiary alicyclic amines) is 1. The number of ether oxygens (including phenoxy) is 1. The fourth-order valence-electron chi connectivity index (χ4n) is 3.91. The molecule has 8 heteroatoms. The number of benzene rings is 2. The first-order valence-corrected chi connectivity index (χ1v) is 11.2. The average molecular weight is 503 g/mol. The Balaban J connectivity index is 2.12. The number of nitrogens with zero attached hydrogens (tertiary/aromatic N) is 2. The van der Waals surface area contributed by atoms with Crippen molar-refractivity contribution in [1.29, 1.82) is 0 Å². The second-order valence-corrected chi connectivity index (χ2v) is 8.32. The van der Waals surface area contributed by atoms with Crippen LogP contribution in [-0.2, 0) is 9.59 Å². The lowest BCUT2D eigenvalue weighted by Gasteiger charge is -2.28. The van der Waals surface area contributed by atoms with Crippen LogP contribution in [0.1, 0.15) is 31.0 Å². The lowest BCUT2D eigenvalue weighted by atomic mass is 9.95. The van der Waals surface area contributed by atoms with Crippen molar-refractivity contribution in [2.75, 3.05) is 33.3 Å². The third-order valence-corrected chi connectivity index (χ3v) is 6.32. The normalized spacial score (nSPS) is 17.9. The molecule has 0 aromatic heterocycles. The molecule has 32 heavy (non-hydrogen) atoms. The van der Waals surface area contributed by atoms with Gasteiger partial charge in [-0.3, -0.25) is 9.59 Å². The molecule has 1 heterocycles. The molecule has 1 aliphatic rings. The maximum Gasteiger partial charge on any atom is 0.295 e. The van der Waals surface area contributed by atoms with E-state index >= 15 is 0 Å². The van der Waals surface area contributed by atoms with Gasteiger partial charge >= 0.3 is 0 Å². The summed E-state index contributed by atoms with van der Waals surface area (Å²) in [5.74, 6) is -1.10. The van der Waals surface area contributed by atoms with Crippen molar-refractivity contribution in [3.63, 3.8) is 0 Å². The third kappa shape index (κ3) is 4.66. The topological polar surface area (TPSA) is 90.3 Å². The molecule has 2 aromatic rings. The van der Waals surface area contributed by atoms with E-state index < -0.39 is 17.7 Å². The van der Waals surface area contributed by atoms with Crippen LogP contribution in [0.3, 0.4) is 0 Å². The molecule has 1 aliphatic heterocycles. The molecule has 1 fully saturated rings.